The maximum atomic E-state index is 14.2. The van der Waals surface area contributed by atoms with E-state index in [0.29, 0.717) is 25.7 Å². The van der Waals surface area contributed by atoms with Crippen LogP contribution in [0.4, 0.5) is 4.79 Å². The van der Waals surface area contributed by atoms with E-state index in [0.717, 1.165) is 38.5 Å². The lowest BCUT2D eigenvalue weighted by molar-refractivity contribution is -0.145. The van der Waals surface area contributed by atoms with Crippen LogP contribution in [-0.2, 0) is 23.9 Å². The van der Waals surface area contributed by atoms with Crippen molar-refractivity contribution in [3.63, 3.8) is 0 Å². The van der Waals surface area contributed by atoms with E-state index in [1.54, 1.807) is 27.9 Å². The summed E-state index contributed by atoms with van der Waals surface area (Å²) in [5.74, 6) is -2.22. The van der Waals surface area contributed by atoms with Crippen LogP contribution in [0.1, 0.15) is 85.0 Å². The summed E-state index contributed by atoms with van der Waals surface area (Å²) in [4.78, 5) is 54.7. The number of amides is 3. The minimum Gasteiger partial charge on any atom is -0.479 e. The molecule has 2 saturated carbocycles. The molecule has 0 radical (unpaired) electrons. The molecule has 240 valence electrons. The number of nitrogens with one attached hydrogen (secondary N) is 4. The molecule has 3 aliphatic heterocycles. The summed E-state index contributed by atoms with van der Waals surface area (Å²) in [6.45, 7) is 5.52. The van der Waals surface area contributed by atoms with Crippen LogP contribution in [-0.4, -0.2) is 100 Å². The van der Waals surface area contributed by atoms with Gasteiger partial charge in [-0.05, 0) is 72.1 Å². The molecule has 3 heterocycles. The summed E-state index contributed by atoms with van der Waals surface area (Å²) in [5, 5.41) is 17.6. The molecule has 0 aromatic heterocycles. The number of carbonyl (C=O) groups excluding carboxylic acids is 3. The highest BCUT2D eigenvalue weighted by Gasteiger charge is 2.61. The van der Waals surface area contributed by atoms with E-state index in [4.69, 9.17) is 9.47 Å². The number of hydrogen-bond donors (Lipinski definition) is 5. The Hall–Kier alpha value is -2.74. The summed E-state index contributed by atoms with van der Waals surface area (Å²) < 4.78 is 11.1. The minimum atomic E-state index is -1.37. The molecular formula is C30H48N6O7. The van der Waals surface area contributed by atoms with Gasteiger partial charge in [0.2, 0.25) is 11.8 Å². The molecule has 5 N–H and O–H groups in total. The van der Waals surface area contributed by atoms with Crippen molar-refractivity contribution in [3.8, 4) is 0 Å². The Morgan fingerprint density at radius 2 is 1.84 bits per heavy atom. The fourth-order valence-corrected chi connectivity index (χ4v) is 6.96. The Kier molecular flexibility index (Phi) is 9.36. The molecule has 0 aromatic rings. The van der Waals surface area contributed by atoms with Crippen molar-refractivity contribution >= 4 is 23.9 Å². The van der Waals surface area contributed by atoms with Gasteiger partial charge in [-0.15, -0.1) is 0 Å². The largest absolute Gasteiger partial charge is 0.479 e. The molecule has 3 unspecified atom stereocenters. The van der Waals surface area contributed by atoms with Crippen LogP contribution in [0, 0.1) is 5.92 Å². The Labute approximate surface area is 253 Å². The third-order valence-electron chi connectivity index (χ3n) is 9.44. The number of carbonyl (C=O) groups is 4. The van der Waals surface area contributed by atoms with Crippen molar-refractivity contribution in [2.24, 2.45) is 5.92 Å². The first-order valence-corrected chi connectivity index (χ1v) is 15.8. The lowest BCUT2D eigenvalue weighted by Gasteiger charge is -2.30. The molecule has 4 fully saturated rings. The number of rotatable bonds is 4. The molecule has 2 aliphatic carbocycles. The lowest BCUT2D eigenvalue weighted by Crippen LogP contribution is -2.56. The lowest BCUT2D eigenvalue weighted by atomic mass is 9.89. The summed E-state index contributed by atoms with van der Waals surface area (Å²) in [5.41, 5.74) is 4.95. The minimum absolute atomic E-state index is 0.164. The third kappa shape index (κ3) is 7.16. The maximum absolute atomic E-state index is 14.2. The average Bonchev–Trinajstić information content (AvgIpc) is 3.27. The Balaban J connectivity index is 1.39. The van der Waals surface area contributed by atoms with Crippen molar-refractivity contribution in [2.75, 3.05) is 13.7 Å². The number of carboxylic acid groups (broad SMARTS) is 1. The van der Waals surface area contributed by atoms with Gasteiger partial charge in [-0.1, -0.05) is 25.0 Å². The van der Waals surface area contributed by atoms with Gasteiger partial charge in [-0.2, -0.15) is 5.12 Å². The predicted molar refractivity (Wildman–Crippen MR) is 156 cm³/mol. The normalized spacial score (nSPS) is 38.0. The molecule has 43 heavy (non-hydrogen) atoms. The molecule has 13 heteroatoms. The van der Waals surface area contributed by atoms with Gasteiger partial charge in [0, 0.05) is 31.7 Å². The van der Waals surface area contributed by atoms with E-state index in [1.807, 2.05) is 17.3 Å². The van der Waals surface area contributed by atoms with Crippen LogP contribution in [0.3, 0.4) is 0 Å². The number of methoxy groups -OCH3 is 1. The average molecular weight is 605 g/mol. The van der Waals surface area contributed by atoms with E-state index in [1.165, 1.54) is 4.90 Å². The first kappa shape index (κ1) is 31.7. The Bertz CT molecular complexity index is 1110. The maximum Gasteiger partial charge on any atom is 0.408 e. The van der Waals surface area contributed by atoms with Crippen LogP contribution in [0.5, 0.6) is 0 Å². The van der Waals surface area contributed by atoms with E-state index >= 15 is 0 Å². The topological polar surface area (TPSA) is 162 Å². The first-order chi connectivity index (χ1) is 20.4. The number of nitrogens with zero attached hydrogens (tertiary/aromatic N) is 2. The Morgan fingerprint density at radius 3 is 2.56 bits per heavy atom. The van der Waals surface area contributed by atoms with E-state index < -0.39 is 41.2 Å². The van der Waals surface area contributed by atoms with Gasteiger partial charge >= 0.3 is 12.1 Å². The van der Waals surface area contributed by atoms with Crippen molar-refractivity contribution in [2.45, 2.75) is 132 Å². The van der Waals surface area contributed by atoms with Gasteiger partial charge in [0.15, 0.2) is 0 Å². The SMILES string of the molecule is COC1CCC2NN([C@H]3C[C@H]4C(=O)N[C@@]5(C(=O)O)C[C@H]5/C=C\CCCCC[C@@H](NC(=O)OC(C)(C)C)C(=O)N4C3)NC2C1. The molecule has 2 saturated heterocycles. The van der Waals surface area contributed by atoms with Crippen LogP contribution < -0.4 is 21.5 Å². The van der Waals surface area contributed by atoms with Gasteiger partial charge < -0.3 is 30.1 Å². The number of ether oxygens (including phenoxy) is 2. The molecule has 5 aliphatic rings. The molecule has 5 rings (SSSR count). The zero-order valence-electron chi connectivity index (χ0n) is 25.8. The van der Waals surface area contributed by atoms with Crippen LogP contribution >= 0.6 is 0 Å². The summed E-state index contributed by atoms with van der Waals surface area (Å²) in [7, 11) is 1.73. The highest BCUT2D eigenvalue weighted by Crippen LogP contribution is 2.45. The third-order valence-corrected chi connectivity index (χ3v) is 9.44. The van der Waals surface area contributed by atoms with Gasteiger partial charge in [-0.3, -0.25) is 9.59 Å². The first-order valence-electron chi connectivity index (χ1n) is 15.8. The predicted octanol–water partition coefficient (Wildman–Crippen LogP) is 1.59. The van der Waals surface area contributed by atoms with E-state index in [2.05, 4.69) is 21.5 Å². The van der Waals surface area contributed by atoms with Gasteiger partial charge in [0.1, 0.15) is 23.2 Å². The number of hydrazine groups is 2. The number of hydrogen-bond acceptors (Lipinski definition) is 9. The van der Waals surface area contributed by atoms with Crippen molar-refractivity contribution in [1.29, 1.82) is 0 Å². The van der Waals surface area contributed by atoms with E-state index in [-0.39, 0.29) is 42.6 Å². The summed E-state index contributed by atoms with van der Waals surface area (Å²) in [6.07, 6.45) is 10.3. The van der Waals surface area contributed by atoms with Gasteiger partial charge in [-0.25, -0.2) is 20.4 Å². The van der Waals surface area contributed by atoms with Gasteiger partial charge in [0.05, 0.1) is 12.1 Å². The number of carboxylic acids is 1. The quantitative estimate of drug-likeness (QED) is 0.298. The molecule has 3 amide bonds. The van der Waals surface area contributed by atoms with Crippen LogP contribution in [0.2, 0.25) is 0 Å². The van der Waals surface area contributed by atoms with Crippen LogP contribution in [0.15, 0.2) is 12.2 Å². The second-order valence-electron chi connectivity index (χ2n) is 13.7. The summed E-state index contributed by atoms with van der Waals surface area (Å²) in [6, 6.07) is -1.65. The number of alkyl carbamates (subject to hydrolysis) is 1. The second kappa shape index (κ2) is 12.7. The van der Waals surface area contributed by atoms with Crippen molar-refractivity contribution in [3.05, 3.63) is 12.2 Å². The molecule has 13 nitrogen and oxygen atoms in total. The molecular weight excluding hydrogens is 556 g/mol. The van der Waals surface area contributed by atoms with Crippen LogP contribution in [0.25, 0.3) is 0 Å². The smallest absolute Gasteiger partial charge is 0.408 e. The molecule has 8 atom stereocenters. The Morgan fingerprint density at radius 1 is 1.07 bits per heavy atom. The fourth-order valence-electron chi connectivity index (χ4n) is 6.96. The monoisotopic (exact) mass is 604 g/mol. The van der Waals surface area contributed by atoms with Gasteiger partial charge in [0.25, 0.3) is 0 Å². The number of fused-ring (bicyclic) bond motifs is 3. The van der Waals surface area contributed by atoms with Crippen molar-refractivity contribution in [1.82, 2.24) is 31.5 Å². The standard InChI is InChI=1S/C30H48N6O7/c1-29(2,3)43-28(41)31-22-11-9-7-5-6-8-10-18-16-30(18,27(39)40)32-25(37)24-14-19(17-35(24)26(22)38)36-33-21-13-12-20(42-4)15-23(21)34-36/h8,10,18-24,33-34H,5-7,9,11-17H2,1-4H3,(H,31,41)(H,32,37)(H,39,40)/b10-8-/t18-,19+,20?,21?,22-,23?,24+,30+/m1/s1. The zero-order valence-corrected chi connectivity index (χ0v) is 25.8. The van der Waals surface area contributed by atoms with Crippen molar-refractivity contribution < 1.29 is 33.8 Å². The highest BCUT2D eigenvalue weighted by molar-refractivity contribution is 5.96. The second-order valence-corrected chi connectivity index (χ2v) is 13.7. The number of aliphatic carboxylic acids is 1. The highest BCUT2D eigenvalue weighted by atomic mass is 16.6. The van der Waals surface area contributed by atoms with E-state index in [9.17, 15) is 24.3 Å². The molecule has 0 aromatic carbocycles. The molecule has 0 spiro atoms. The fraction of sp³-hybridized carbons (Fsp3) is 0.800. The zero-order chi connectivity index (χ0) is 30.9. The molecule has 0 bridgehead atoms. The number of allylic oxidation sites excluding steroid dienone is 1. The summed E-state index contributed by atoms with van der Waals surface area (Å²) >= 11 is 0.